The summed E-state index contributed by atoms with van der Waals surface area (Å²) in [6.07, 6.45) is 4.61. The number of ketones is 1. The number of carboxylic acid groups (broad SMARTS) is 1. The molecule has 0 aromatic rings. The Hall–Kier alpha value is -0.900. The van der Waals surface area contributed by atoms with Gasteiger partial charge >= 0.3 is 5.97 Å². The Morgan fingerprint density at radius 2 is 1.50 bits per heavy atom. The van der Waals surface area contributed by atoms with Crippen molar-refractivity contribution >= 4 is 11.8 Å². The molecule has 0 radical (unpaired) electrons. The number of aliphatic hydroxyl groups is 1. The van der Waals surface area contributed by atoms with Gasteiger partial charge in [-0.25, -0.2) is 0 Å². The molecule has 0 spiro atoms. The summed E-state index contributed by atoms with van der Waals surface area (Å²) in [4.78, 5) is 23.0. The van der Waals surface area contributed by atoms with Gasteiger partial charge in [0.2, 0.25) is 0 Å². The molecule has 4 bridgehead atoms. The zero-order valence-electron chi connectivity index (χ0n) is 10.5. The fourth-order valence-corrected chi connectivity index (χ4v) is 5.02. The average molecular weight is 252 g/mol. The van der Waals surface area contributed by atoms with E-state index in [4.69, 9.17) is 5.11 Å². The lowest BCUT2D eigenvalue weighted by Gasteiger charge is -2.56. The highest BCUT2D eigenvalue weighted by molar-refractivity contribution is 5.91. The van der Waals surface area contributed by atoms with Crippen LogP contribution >= 0.6 is 0 Å². The number of carbonyl (C=O) groups is 2. The summed E-state index contributed by atoms with van der Waals surface area (Å²) in [5.74, 6) is 0.622. The monoisotopic (exact) mass is 252 g/mol. The van der Waals surface area contributed by atoms with Crippen LogP contribution in [0.3, 0.4) is 0 Å². The molecule has 4 nitrogen and oxygen atoms in total. The standard InChI is InChI=1S/C14H20O4/c15-11(4-12(16)17)13(18)14-5-8-1-9(6-14)3-10(2-8)7-14/h8-11,15H,1-7H2,(H,16,17). The molecule has 2 N–H and O–H groups in total. The Morgan fingerprint density at radius 1 is 1.06 bits per heavy atom. The second-order valence-electron chi connectivity index (χ2n) is 6.68. The van der Waals surface area contributed by atoms with Gasteiger partial charge in [0.05, 0.1) is 6.42 Å². The van der Waals surface area contributed by atoms with Crippen LogP contribution in [-0.4, -0.2) is 28.1 Å². The van der Waals surface area contributed by atoms with E-state index in [1.165, 1.54) is 19.3 Å². The highest BCUT2D eigenvalue weighted by Gasteiger charge is 2.55. The second-order valence-corrected chi connectivity index (χ2v) is 6.68. The highest BCUT2D eigenvalue weighted by Crippen LogP contribution is 2.60. The molecule has 0 aliphatic heterocycles. The zero-order valence-corrected chi connectivity index (χ0v) is 10.5. The van der Waals surface area contributed by atoms with Crippen molar-refractivity contribution in [3.05, 3.63) is 0 Å². The molecule has 4 heteroatoms. The molecule has 0 aromatic heterocycles. The SMILES string of the molecule is O=C(O)CC(O)C(=O)C12CC3CC(CC(C3)C1)C2. The van der Waals surface area contributed by atoms with Crippen molar-refractivity contribution in [3.63, 3.8) is 0 Å². The molecule has 1 atom stereocenters. The first-order valence-corrected chi connectivity index (χ1v) is 6.93. The first-order valence-electron chi connectivity index (χ1n) is 6.93. The summed E-state index contributed by atoms with van der Waals surface area (Å²) in [5.41, 5.74) is -0.385. The summed E-state index contributed by atoms with van der Waals surface area (Å²) in [5, 5.41) is 18.5. The molecule has 4 aliphatic rings. The molecule has 0 saturated heterocycles. The van der Waals surface area contributed by atoms with Gasteiger partial charge in [-0.3, -0.25) is 9.59 Å². The van der Waals surface area contributed by atoms with E-state index >= 15 is 0 Å². The van der Waals surface area contributed by atoms with Crippen LogP contribution in [0.15, 0.2) is 0 Å². The van der Waals surface area contributed by atoms with E-state index in [0.717, 1.165) is 19.3 Å². The topological polar surface area (TPSA) is 74.6 Å². The predicted molar refractivity (Wildman–Crippen MR) is 63.9 cm³/mol. The molecule has 4 saturated carbocycles. The number of rotatable bonds is 4. The van der Waals surface area contributed by atoms with Gasteiger partial charge in [-0.05, 0) is 56.3 Å². The third kappa shape index (κ3) is 1.87. The molecule has 18 heavy (non-hydrogen) atoms. The molecule has 0 heterocycles. The highest BCUT2D eigenvalue weighted by atomic mass is 16.4. The molecule has 0 aromatic carbocycles. The van der Waals surface area contributed by atoms with Gasteiger partial charge in [-0.2, -0.15) is 0 Å². The van der Waals surface area contributed by atoms with Gasteiger partial charge < -0.3 is 10.2 Å². The van der Waals surface area contributed by atoms with E-state index in [1.807, 2.05) is 0 Å². The van der Waals surface area contributed by atoms with Crippen molar-refractivity contribution in [1.29, 1.82) is 0 Å². The fraction of sp³-hybridized carbons (Fsp3) is 0.857. The predicted octanol–water partition coefficient (Wildman–Crippen LogP) is 1.61. The summed E-state index contributed by atoms with van der Waals surface area (Å²) in [7, 11) is 0. The van der Waals surface area contributed by atoms with Gasteiger partial charge in [0.1, 0.15) is 6.10 Å². The van der Waals surface area contributed by atoms with Crippen LogP contribution in [0, 0.1) is 23.2 Å². The minimum Gasteiger partial charge on any atom is -0.481 e. The largest absolute Gasteiger partial charge is 0.481 e. The molecule has 4 fully saturated rings. The maximum atomic E-state index is 12.4. The first kappa shape index (κ1) is 12.2. The van der Waals surface area contributed by atoms with Crippen LogP contribution in [0.2, 0.25) is 0 Å². The molecular formula is C14H20O4. The normalized spacial score (nSPS) is 42.8. The Kier molecular flexibility index (Phi) is 2.73. The number of carbonyl (C=O) groups excluding carboxylic acids is 1. The fourth-order valence-electron chi connectivity index (χ4n) is 5.02. The van der Waals surface area contributed by atoms with Crippen molar-refractivity contribution in [3.8, 4) is 0 Å². The number of carboxylic acids is 1. The summed E-state index contributed by atoms with van der Waals surface area (Å²) >= 11 is 0. The van der Waals surface area contributed by atoms with Crippen LogP contribution in [0.1, 0.15) is 44.9 Å². The number of Topliss-reactive ketones (excluding diaryl/α,β-unsaturated/α-hetero) is 1. The van der Waals surface area contributed by atoms with Crippen LogP contribution in [-0.2, 0) is 9.59 Å². The van der Waals surface area contributed by atoms with Crippen LogP contribution in [0.4, 0.5) is 0 Å². The number of hydrogen-bond acceptors (Lipinski definition) is 3. The lowest BCUT2D eigenvalue weighted by atomic mass is 9.48. The summed E-state index contributed by atoms with van der Waals surface area (Å²) in [6, 6.07) is 0. The Bertz CT molecular complexity index is 352. The van der Waals surface area contributed by atoms with E-state index in [-0.39, 0.29) is 11.2 Å². The van der Waals surface area contributed by atoms with Crippen LogP contribution in [0.5, 0.6) is 0 Å². The van der Waals surface area contributed by atoms with Gasteiger partial charge in [0.15, 0.2) is 5.78 Å². The van der Waals surface area contributed by atoms with Crippen molar-refractivity contribution in [2.75, 3.05) is 0 Å². The minimum absolute atomic E-state index is 0.191. The van der Waals surface area contributed by atoms with Crippen molar-refractivity contribution in [2.45, 2.75) is 51.0 Å². The number of aliphatic carboxylic acids is 1. The molecule has 0 amide bonds. The molecular weight excluding hydrogens is 232 g/mol. The lowest BCUT2D eigenvalue weighted by molar-refractivity contribution is -0.156. The van der Waals surface area contributed by atoms with E-state index in [1.54, 1.807) is 0 Å². The van der Waals surface area contributed by atoms with Crippen molar-refractivity contribution < 1.29 is 19.8 Å². The third-order valence-corrected chi connectivity index (χ3v) is 5.23. The van der Waals surface area contributed by atoms with Crippen LogP contribution < -0.4 is 0 Å². The quantitative estimate of drug-likeness (QED) is 0.797. The molecule has 100 valence electrons. The van der Waals surface area contributed by atoms with Gasteiger partial charge in [0.25, 0.3) is 0 Å². The summed E-state index contributed by atoms with van der Waals surface area (Å²) < 4.78 is 0. The second kappa shape index (κ2) is 4.05. The maximum Gasteiger partial charge on any atom is 0.306 e. The first-order chi connectivity index (χ1) is 8.48. The van der Waals surface area contributed by atoms with E-state index in [0.29, 0.717) is 17.8 Å². The van der Waals surface area contributed by atoms with Crippen LogP contribution in [0.25, 0.3) is 0 Å². The Balaban J connectivity index is 1.78. The summed E-state index contributed by atoms with van der Waals surface area (Å²) in [6.45, 7) is 0. The van der Waals surface area contributed by atoms with E-state index in [9.17, 15) is 14.7 Å². The Morgan fingerprint density at radius 3 is 1.89 bits per heavy atom. The van der Waals surface area contributed by atoms with Gasteiger partial charge in [-0.15, -0.1) is 0 Å². The molecule has 4 rings (SSSR count). The lowest BCUT2D eigenvalue weighted by Crippen LogP contribution is -2.52. The van der Waals surface area contributed by atoms with E-state index < -0.39 is 18.5 Å². The number of aliphatic hydroxyl groups excluding tert-OH is 1. The van der Waals surface area contributed by atoms with Gasteiger partial charge in [-0.1, -0.05) is 0 Å². The van der Waals surface area contributed by atoms with E-state index in [2.05, 4.69) is 0 Å². The van der Waals surface area contributed by atoms with Crippen molar-refractivity contribution in [1.82, 2.24) is 0 Å². The number of hydrogen-bond donors (Lipinski definition) is 2. The smallest absolute Gasteiger partial charge is 0.306 e. The van der Waals surface area contributed by atoms with Gasteiger partial charge in [0, 0.05) is 5.41 Å². The minimum atomic E-state index is -1.31. The third-order valence-electron chi connectivity index (χ3n) is 5.23. The van der Waals surface area contributed by atoms with Crippen molar-refractivity contribution in [2.24, 2.45) is 23.2 Å². The molecule has 4 aliphatic carbocycles. The Labute approximate surface area is 106 Å². The zero-order chi connectivity index (χ0) is 12.9. The average Bonchev–Trinajstić information content (AvgIpc) is 2.25. The maximum absolute atomic E-state index is 12.4. The molecule has 1 unspecified atom stereocenters.